The number of aliphatic carboxylic acids is 1. The van der Waals surface area contributed by atoms with Gasteiger partial charge in [-0.2, -0.15) is 0 Å². The Kier molecular flexibility index (Phi) is 5.66. The molecular weight excluding hydrogens is 421 g/mol. The van der Waals surface area contributed by atoms with Crippen molar-refractivity contribution in [3.05, 3.63) is 52.7 Å². The summed E-state index contributed by atoms with van der Waals surface area (Å²) in [5.41, 5.74) is 1.37. The van der Waals surface area contributed by atoms with Gasteiger partial charge in [0.05, 0.1) is 18.9 Å². The molecule has 2 bridgehead atoms. The van der Waals surface area contributed by atoms with E-state index in [-0.39, 0.29) is 17.4 Å². The van der Waals surface area contributed by atoms with E-state index in [0.717, 1.165) is 17.7 Å². The fourth-order valence-electron chi connectivity index (χ4n) is 4.78. The van der Waals surface area contributed by atoms with Crippen LogP contribution < -0.4 is 5.32 Å². The van der Waals surface area contributed by atoms with Crippen LogP contribution in [0.15, 0.2) is 36.4 Å². The van der Waals surface area contributed by atoms with Crippen LogP contribution in [0.3, 0.4) is 0 Å². The predicted molar refractivity (Wildman–Crippen MR) is 114 cm³/mol. The molecule has 1 fully saturated rings. The van der Waals surface area contributed by atoms with Gasteiger partial charge >= 0.3 is 11.9 Å². The van der Waals surface area contributed by atoms with Crippen LogP contribution in [0.25, 0.3) is 11.1 Å². The van der Waals surface area contributed by atoms with Gasteiger partial charge in [0.1, 0.15) is 16.4 Å². The average Bonchev–Trinajstić information content (AvgIpc) is 3.09. The highest BCUT2D eigenvalue weighted by atomic mass is 32.1. The molecule has 3 aliphatic carbocycles. The maximum absolute atomic E-state index is 13.4. The minimum atomic E-state index is -0.984. The lowest BCUT2D eigenvalue weighted by Gasteiger charge is -2.41. The lowest BCUT2D eigenvalue weighted by Crippen LogP contribution is -2.47. The molecule has 1 aromatic heterocycles. The molecule has 4 atom stereocenters. The molecule has 0 unspecified atom stereocenters. The van der Waals surface area contributed by atoms with Crippen LogP contribution in [0.2, 0.25) is 0 Å². The Bertz CT molecular complexity index is 1070. The lowest BCUT2D eigenvalue weighted by atomic mass is 9.62. The highest BCUT2D eigenvalue weighted by Gasteiger charge is 2.48. The molecule has 6 nitrogen and oxygen atoms in total. The standard InChI is InChI=1S/C23H22FNO5S/c1-11-16(12-7-9-15(24)10-8-12)19(23(29)30-2)21(31-11)25-20(26)17-13-3-5-14(6-4-13)18(17)22(27)28/h3,5,7-10,13-14,17-18H,4,6H2,1-2H3,(H,25,26)(H,27,28)/t13-,14+,17-,18+/m1/s1. The van der Waals surface area contributed by atoms with E-state index in [1.807, 2.05) is 12.2 Å². The molecule has 0 aliphatic heterocycles. The van der Waals surface area contributed by atoms with Gasteiger partial charge in [-0.1, -0.05) is 24.3 Å². The first-order valence-electron chi connectivity index (χ1n) is 10.0. The van der Waals surface area contributed by atoms with Gasteiger partial charge in [0, 0.05) is 10.4 Å². The summed E-state index contributed by atoms with van der Waals surface area (Å²) >= 11 is 1.21. The van der Waals surface area contributed by atoms with Crippen LogP contribution in [0.4, 0.5) is 9.39 Å². The number of ether oxygens (including phenoxy) is 1. The molecule has 3 aliphatic rings. The van der Waals surface area contributed by atoms with E-state index in [1.165, 1.54) is 30.6 Å². The average molecular weight is 443 g/mol. The first kappa shape index (κ1) is 21.2. The molecule has 1 saturated carbocycles. The smallest absolute Gasteiger partial charge is 0.341 e. The third kappa shape index (κ3) is 3.76. The number of nitrogens with one attached hydrogen (secondary N) is 1. The van der Waals surface area contributed by atoms with E-state index in [1.54, 1.807) is 19.1 Å². The molecule has 0 radical (unpaired) electrons. The number of carboxylic acids is 1. The number of carbonyl (C=O) groups excluding carboxylic acids is 2. The van der Waals surface area contributed by atoms with E-state index in [0.29, 0.717) is 16.1 Å². The zero-order valence-electron chi connectivity index (χ0n) is 17.1. The Labute approximate surface area is 182 Å². The van der Waals surface area contributed by atoms with Gasteiger partial charge in [-0.3, -0.25) is 9.59 Å². The van der Waals surface area contributed by atoms with E-state index in [4.69, 9.17) is 4.74 Å². The summed E-state index contributed by atoms with van der Waals surface area (Å²) in [4.78, 5) is 38.5. The maximum Gasteiger partial charge on any atom is 0.341 e. The summed E-state index contributed by atoms with van der Waals surface area (Å²) in [6.07, 6.45) is 5.35. The topological polar surface area (TPSA) is 92.7 Å². The molecule has 31 heavy (non-hydrogen) atoms. The Morgan fingerprint density at radius 1 is 1.10 bits per heavy atom. The minimum absolute atomic E-state index is 0.148. The number of benzene rings is 1. The molecule has 1 aromatic carbocycles. The minimum Gasteiger partial charge on any atom is -0.481 e. The Morgan fingerprint density at radius 3 is 2.26 bits per heavy atom. The third-order valence-electron chi connectivity index (χ3n) is 6.18. The van der Waals surface area contributed by atoms with Gasteiger partial charge in [-0.05, 0) is 49.3 Å². The molecule has 162 valence electrons. The largest absolute Gasteiger partial charge is 0.481 e. The van der Waals surface area contributed by atoms with Crippen molar-refractivity contribution >= 4 is 34.2 Å². The van der Waals surface area contributed by atoms with Crippen LogP contribution in [0, 0.1) is 36.4 Å². The number of carbonyl (C=O) groups is 3. The molecule has 1 heterocycles. The highest BCUT2D eigenvalue weighted by Crippen LogP contribution is 2.46. The second kappa shape index (κ2) is 8.26. The van der Waals surface area contributed by atoms with Gasteiger partial charge in [-0.15, -0.1) is 11.3 Å². The van der Waals surface area contributed by atoms with Crippen LogP contribution in [0.1, 0.15) is 28.1 Å². The van der Waals surface area contributed by atoms with Crippen molar-refractivity contribution in [2.45, 2.75) is 19.8 Å². The summed E-state index contributed by atoms with van der Waals surface area (Å²) in [5.74, 6) is -4.23. The van der Waals surface area contributed by atoms with Crippen LogP contribution in [-0.2, 0) is 14.3 Å². The highest BCUT2D eigenvalue weighted by molar-refractivity contribution is 7.17. The van der Waals surface area contributed by atoms with Gasteiger partial charge in [0.25, 0.3) is 0 Å². The zero-order chi connectivity index (χ0) is 22.3. The number of carboxylic acid groups (broad SMARTS) is 1. The molecule has 8 heteroatoms. The number of methoxy groups -OCH3 is 1. The number of allylic oxidation sites excluding steroid dienone is 2. The second-order valence-corrected chi connectivity index (χ2v) is 9.13. The van der Waals surface area contributed by atoms with Gasteiger partial charge in [0.15, 0.2) is 0 Å². The number of thiophene rings is 1. The summed E-state index contributed by atoms with van der Waals surface area (Å²) < 4.78 is 18.3. The second-order valence-electron chi connectivity index (χ2n) is 7.90. The van der Waals surface area contributed by atoms with E-state index in [9.17, 15) is 23.9 Å². The Hall–Kier alpha value is -3.00. The molecule has 2 aromatic rings. The first-order chi connectivity index (χ1) is 14.8. The number of rotatable bonds is 5. The molecule has 5 rings (SSSR count). The van der Waals surface area contributed by atoms with E-state index >= 15 is 0 Å². The van der Waals surface area contributed by atoms with Crippen molar-refractivity contribution in [1.29, 1.82) is 0 Å². The summed E-state index contributed by atoms with van der Waals surface area (Å²) in [5, 5.41) is 12.9. The Balaban J connectivity index is 1.71. The molecule has 2 N–H and O–H groups in total. The van der Waals surface area contributed by atoms with Crippen LogP contribution >= 0.6 is 11.3 Å². The number of hydrogen-bond acceptors (Lipinski definition) is 5. The molecular formula is C23H22FNO5S. The van der Waals surface area contributed by atoms with Crippen molar-refractivity contribution in [3.8, 4) is 11.1 Å². The monoisotopic (exact) mass is 443 g/mol. The van der Waals surface area contributed by atoms with Crippen molar-refractivity contribution in [2.24, 2.45) is 23.7 Å². The fourth-order valence-corrected chi connectivity index (χ4v) is 5.84. The van der Waals surface area contributed by atoms with Gasteiger partial charge in [-0.25, -0.2) is 9.18 Å². The van der Waals surface area contributed by atoms with Crippen LogP contribution in [-0.4, -0.2) is 30.1 Å². The lowest BCUT2D eigenvalue weighted by molar-refractivity contribution is -0.151. The summed E-state index contributed by atoms with van der Waals surface area (Å²) in [6.45, 7) is 1.80. The van der Waals surface area contributed by atoms with Gasteiger partial charge < -0.3 is 15.2 Å². The van der Waals surface area contributed by atoms with Crippen molar-refractivity contribution in [2.75, 3.05) is 12.4 Å². The number of fused-ring (bicyclic) bond motifs is 2. The van der Waals surface area contributed by atoms with E-state index in [2.05, 4.69) is 5.32 Å². The normalized spacial score (nSPS) is 24.1. The number of halogens is 1. The van der Waals surface area contributed by atoms with Crippen molar-refractivity contribution in [3.63, 3.8) is 0 Å². The predicted octanol–water partition coefficient (Wildman–Crippen LogP) is 4.50. The number of anilines is 1. The Morgan fingerprint density at radius 2 is 1.71 bits per heavy atom. The molecule has 0 spiro atoms. The zero-order valence-corrected chi connectivity index (χ0v) is 17.9. The number of hydrogen-bond donors (Lipinski definition) is 2. The fraction of sp³-hybridized carbons (Fsp3) is 0.348. The maximum atomic E-state index is 13.4. The van der Waals surface area contributed by atoms with Crippen LogP contribution in [0.5, 0.6) is 0 Å². The number of amides is 1. The SMILES string of the molecule is COC(=O)c1c(NC(=O)[C@H]2[C@@H](C(=O)O)[C@H]3C=C[C@@H]2CC3)sc(C)c1-c1ccc(F)cc1. The summed E-state index contributed by atoms with van der Waals surface area (Å²) in [6, 6.07) is 5.73. The summed E-state index contributed by atoms with van der Waals surface area (Å²) in [7, 11) is 1.25. The molecule has 1 amide bonds. The quantitative estimate of drug-likeness (QED) is 0.524. The van der Waals surface area contributed by atoms with Crippen molar-refractivity contribution in [1.82, 2.24) is 0 Å². The van der Waals surface area contributed by atoms with E-state index < -0.39 is 35.5 Å². The first-order valence-corrected chi connectivity index (χ1v) is 10.8. The number of esters is 1. The molecule has 0 saturated heterocycles. The van der Waals surface area contributed by atoms with Gasteiger partial charge in [0.2, 0.25) is 5.91 Å². The third-order valence-corrected chi connectivity index (χ3v) is 7.20. The van der Waals surface area contributed by atoms with Crippen molar-refractivity contribution < 1.29 is 28.6 Å². The number of aryl methyl sites for hydroxylation is 1.